The molecule has 9 heteroatoms. The van der Waals surface area contributed by atoms with E-state index in [1.807, 2.05) is 44.2 Å². The van der Waals surface area contributed by atoms with E-state index >= 15 is 0 Å². The highest BCUT2D eigenvalue weighted by atomic mass is 35.5. The van der Waals surface area contributed by atoms with Gasteiger partial charge in [-0.2, -0.15) is 5.10 Å². The summed E-state index contributed by atoms with van der Waals surface area (Å²) in [4.78, 5) is 27.4. The fraction of sp³-hybridized carbons (Fsp3) is 0.346. The van der Waals surface area contributed by atoms with Gasteiger partial charge in [-0.1, -0.05) is 69.1 Å². The molecule has 0 saturated carbocycles. The van der Waals surface area contributed by atoms with Gasteiger partial charge in [0.05, 0.1) is 21.4 Å². The maximum Gasteiger partial charge on any atom is 0.322 e. The SMILES string of the molecule is CCCN(CC(=O)Nc1cc(C(C)(C)C)nn1-c1ccccc1C)C(=O)Nc1ccc(Cl)c(Cl)c1. The van der Waals surface area contributed by atoms with E-state index in [1.165, 1.54) is 4.90 Å². The van der Waals surface area contributed by atoms with Crippen molar-refractivity contribution in [2.75, 3.05) is 23.7 Å². The molecule has 2 aromatic carbocycles. The van der Waals surface area contributed by atoms with Crippen molar-refractivity contribution in [2.24, 2.45) is 0 Å². The van der Waals surface area contributed by atoms with Crippen LogP contribution in [-0.2, 0) is 10.2 Å². The molecule has 0 fully saturated rings. The molecule has 0 spiro atoms. The summed E-state index contributed by atoms with van der Waals surface area (Å²) < 4.78 is 1.74. The van der Waals surface area contributed by atoms with E-state index in [2.05, 4.69) is 31.4 Å². The molecule has 35 heavy (non-hydrogen) atoms. The Hall–Kier alpha value is -3.03. The second kappa shape index (κ2) is 11.1. The number of aryl methyl sites for hydroxylation is 1. The minimum atomic E-state index is -0.400. The molecule has 0 unspecified atom stereocenters. The summed E-state index contributed by atoms with van der Waals surface area (Å²) >= 11 is 12.0. The van der Waals surface area contributed by atoms with Crippen LogP contribution in [0.4, 0.5) is 16.3 Å². The summed E-state index contributed by atoms with van der Waals surface area (Å²) in [7, 11) is 0. The highest BCUT2D eigenvalue weighted by molar-refractivity contribution is 6.42. The number of carbonyl (C=O) groups excluding carboxylic acids is 2. The van der Waals surface area contributed by atoms with Crippen LogP contribution < -0.4 is 10.6 Å². The van der Waals surface area contributed by atoms with Crippen LogP contribution in [0.2, 0.25) is 10.0 Å². The van der Waals surface area contributed by atoms with Crippen LogP contribution in [0.1, 0.15) is 45.4 Å². The Morgan fingerprint density at radius 1 is 1.03 bits per heavy atom. The third-order valence-electron chi connectivity index (χ3n) is 5.37. The zero-order valence-corrected chi connectivity index (χ0v) is 22.2. The number of hydrogen-bond acceptors (Lipinski definition) is 3. The first-order valence-electron chi connectivity index (χ1n) is 11.5. The van der Waals surface area contributed by atoms with Crippen LogP contribution in [-0.4, -0.2) is 39.7 Å². The van der Waals surface area contributed by atoms with Crippen molar-refractivity contribution >= 4 is 46.6 Å². The fourth-order valence-corrected chi connectivity index (χ4v) is 3.77. The van der Waals surface area contributed by atoms with Gasteiger partial charge in [0.15, 0.2) is 0 Å². The number of halogens is 2. The third kappa shape index (κ3) is 6.77. The number of urea groups is 1. The van der Waals surface area contributed by atoms with Crippen molar-refractivity contribution in [3.05, 3.63) is 69.8 Å². The normalized spacial score (nSPS) is 11.3. The number of para-hydroxylation sites is 1. The Morgan fingerprint density at radius 3 is 2.37 bits per heavy atom. The van der Waals surface area contributed by atoms with Gasteiger partial charge >= 0.3 is 6.03 Å². The number of aromatic nitrogens is 2. The molecule has 1 heterocycles. The van der Waals surface area contributed by atoms with Gasteiger partial charge in [0.2, 0.25) is 5.91 Å². The molecule has 0 aliphatic heterocycles. The monoisotopic (exact) mass is 515 g/mol. The van der Waals surface area contributed by atoms with Crippen molar-refractivity contribution in [3.63, 3.8) is 0 Å². The molecule has 1 aromatic heterocycles. The summed E-state index contributed by atoms with van der Waals surface area (Å²) in [5, 5.41) is 11.2. The largest absolute Gasteiger partial charge is 0.322 e. The first-order valence-corrected chi connectivity index (χ1v) is 12.2. The summed E-state index contributed by atoms with van der Waals surface area (Å²) in [5.74, 6) is 0.230. The molecular formula is C26H31Cl2N5O2. The molecule has 0 saturated heterocycles. The number of nitrogens with zero attached hydrogens (tertiary/aromatic N) is 3. The lowest BCUT2D eigenvalue weighted by Crippen LogP contribution is -2.41. The predicted molar refractivity (Wildman–Crippen MR) is 143 cm³/mol. The number of hydrogen-bond donors (Lipinski definition) is 2. The summed E-state index contributed by atoms with van der Waals surface area (Å²) in [5.41, 5.74) is 3.04. The lowest BCUT2D eigenvalue weighted by atomic mass is 9.92. The average Bonchev–Trinajstić information content (AvgIpc) is 3.20. The van der Waals surface area contributed by atoms with Crippen molar-refractivity contribution in [1.29, 1.82) is 0 Å². The van der Waals surface area contributed by atoms with Gasteiger partial charge in [0, 0.05) is 23.7 Å². The summed E-state index contributed by atoms with van der Waals surface area (Å²) in [6.45, 7) is 10.4. The molecule has 7 nitrogen and oxygen atoms in total. The topological polar surface area (TPSA) is 79.3 Å². The van der Waals surface area contributed by atoms with E-state index in [0.29, 0.717) is 34.5 Å². The number of carbonyl (C=O) groups is 2. The Kier molecular flexibility index (Phi) is 8.46. The minimum Gasteiger partial charge on any atom is -0.315 e. The Morgan fingerprint density at radius 2 is 1.74 bits per heavy atom. The zero-order valence-electron chi connectivity index (χ0n) is 20.7. The van der Waals surface area contributed by atoms with E-state index in [9.17, 15) is 9.59 Å². The molecule has 0 atom stereocenters. The van der Waals surface area contributed by atoms with E-state index in [4.69, 9.17) is 28.3 Å². The van der Waals surface area contributed by atoms with E-state index in [0.717, 1.165) is 16.9 Å². The quantitative estimate of drug-likeness (QED) is 0.368. The highest BCUT2D eigenvalue weighted by Crippen LogP contribution is 2.28. The molecular weight excluding hydrogens is 485 g/mol. The molecule has 3 amide bonds. The Bertz CT molecular complexity index is 1220. The van der Waals surface area contributed by atoms with Crippen molar-refractivity contribution in [2.45, 2.75) is 46.5 Å². The molecule has 3 aromatic rings. The fourth-order valence-electron chi connectivity index (χ4n) is 3.48. The van der Waals surface area contributed by atoms with Gasteiger partial charge in [-0.05, 0) is 43.2 Å². The maximum absolute atomic E-state index is 13.1. The number of anilines is 2. The Balaban J connectivity index is 1.80. The third-order valence-corrected chi connectivity index (χ3v) is 6.11. The molecule has 0 radical (unpaired) electrons. The molecule has 0 bridgehead atoms. The first-order chi connectivity index (χ1) is 16.5. The zero-order chi connectivity index (χ0) is 25.8. The average molecular weight is 516 g/mol. The summed E-state index contributed by atoms with van der Waals surface area (Å²) in [6.07, 6.45) is 0.692. The van der Waals surface area contributed by atoms with Crippen LogP contribution >= 0.6 is 23.2 Å². The number of benzene rings is 2. The molecule has 3 rings (SSSR count). The highest BCUT2D eigenvalue weighted by Gasteiger charge is 2.23. The smallest absolute Gasteiger partial charge is 0.315 e. The van der Waals surface area contributed by atoms with Crippen LogP contribution in [0, 0.1) is 6.92 Å². The second-order valence-electron chi connectivity index (χ2n) is 9.39. The lowest BCUT2D eigenvalue weighted by molar-refractivity contribution is -0.116. The minimum absolute atomic E-state index is 0.120. The van der Waals surface area contributed by atoms with Crippen LogP contribution in [0.3, 0.4) is 0 Å². The van der Waals surface area contributed by atoms with Crippen molar-refractivity contribution < 1.29 is 9.59 Å². The molecule has 186 valence electrons. The molecule has 0 aliphatic carbocycles. The van der Waals surface area contributed by atoms with E-state index in [-0.39, 0.29) is 17.9 Å². The number of rotatable bonds is 7. The standard InChI is InChI=1S/C26H31Cl2N5O2/c1-6-13-32(25(35)29-18-11-12-19(27)20(28)14-18)16-24(34)30-23-15-22(26(3,4)5)31-33(23)21-10-8-7-9-17(21)2/h7-12,14-15H,6,13,16H2,1-5H3,(H,29,35)(H,30,34). The maximum atomic E-state index is 13.1. The van der Waals surface area contributed by atoms with Gasteiger partial charge in [0.1, 0.15) is 12.4 Å². The van der Waals surface area contributed by atoms with Crippen LogP contribution in [0.15, 0.2) is 48.5 Å². The van der Waals surface area contributed by atoms with Crippen molar-refractivity contribution in [3.8, 4) is 5.69 Å². The Labute approximate surface area is 216 Å². The van der Waals surface area contributed by atoms with Gasteiger partial charge in [-0.3, -0.25) is 4.79 Å². The first kappa shape index (κ1) is 26.6. The molecule has 2 N–H and O–H groups in total. The van der Waals surface area contributed by atoms with Crippen molar-refractivity contribution in [1.82, 2.24) is 14.7 Å². The van der Waals surface area contributed by atoms with Gasteiger partial charge in [-0.25, -0.2) is 9.48 Å². The van der Waals surface area contributed by atoms with E-state index < -0.39 is 6.03 Å². The van der Waals surface area contributed by atoms with Gasteiger partial charge < -0.3 is 15.5 Å². The summed E-state index contributed by atoms with van der Waals surface area (Å²) in [6, 6.07) is 14.2. The predicted octanol–water partition coefficient (Wildman–Crippen LogP) is 6.67. The molecule has 0 aliphatic rings. The lowest BCUT2D eigenvalue weighted by Gasteiger charge is -2.22. The second-order valence-corrected chi connectivity index (χ2v) is 10.2. The van der Waals surface area contributed by atoms with Crippen LogP contribution in [0.25, 0.3) is 5.69 Å². The van der Waals surface area contributed by atoms with Gasteiger partial charge in [-0.15, -0.1) is 0 Å². The van der Waals surface area contributed by atoms with Crippen LogP contribution in [0.5, 0.6) is 0 Å². The van der Waals surface area contributed by atoms with Gasteiger partial charge in [0.25, 0.3) is 0 Å². The van der Waals surface area contributed by atoms with E-state index in [1.54, 1.807) is 22.9 Å². The number of nitrogens with one attached hydrogen (secondary N) is 2. The number of amides is 3.